The van der Waals surface area contributed by atoms with E-state index in [0.29, 0.717) is 23.7 Å². The predicted molar refractivity (Wildman–Crippen MR) is 97.9 cm³/mol. The van der Waals surface area contributed by atoms with E-state index in [9.17, 15) is 4.79 Å². The minimum Gasteiger partial charge on any atom is -0.438 e. The molecule has 130 valence electrons. The zero-order valence-electron chi connectivity index (χ0n) is 14.3. The third-order valence-electron chi connectivity index (χ3n) is 4.22. The number of para-hydroxylation sites is 1. The summed E-state index contributed by atoms with van der Waals surface area (Å²) in [6.07, 6.45) is 4.50. The van der Waals surface area contributed by atoms with Crippen LogP contribution in [0.5, 0.6) is 11.6 Å². The molecule has 0 spiro atoms. The lowest BCUT2D eigenvalue weighted by Crippen LogP contribution is -2.35. The number of pyridine rings is 1. The van der Waals surface area contributed by atoms with E-state index in [2.05, 4.69) is 16.5 Å². The Bertz CT molecular complexity index is 718. The van der Waals surface area contributed by atoms with E-state index >= 15 is 0 Å². The van der Waals surface area contributed by atoms with Crippen LogP contribution in [0.3, 0.4) is 0 Å². The first-order chi connectivity index (χ1) is 12.3. The summed E-state index contributed by atoms with van der Waals surface area (Å²) in [6.45, 7) is 7.93. The Labute approximate surface area is 148 Å². The predicted octanol–water partition coefficient (Wildman–Crippen LogP) is 3.21. The van der Waals surface area contributed by atoms with Crippen LogP contribution in [0.1, 0.15) is 16.8 Å². The third kappa shape index (κ3) is 4.45. The molecule has 0 unspecified atom stereocenters. The molecule has 0 atom stereocenters. The number of ether oxygens (including phenoxy) is 1. The quantitative estimate of drug-likeness (QED) is 0.786. The van der Waals surface area contributed by atoms with Crippen molar-refractivity contribution in [3.63, 3.8) is 0 Å². The van der Waals surface area contributed by atoms with E-state index in [1.165, 1.54) is 0 Å². The van der Waals surface area contributed by atoms with Crippen LogP contribution in [0, 0.1) is 0 Å². The van der Waals surface area contributed by atoms with Gasteiger partial charge in [0.1, 0.15) is 11.3 Å². The number of carbonyl (C=O) groups excluding carboxylic acids is 1. The molecule has 1 aliphatic rings. The summed E-state index contributed by atoms with van der Waals surface area (Å²) in [7, 11) is 0. The Morgan fingerprint density at radius 1 is 1.12 bits per heavy atom. The van der Waals surface area contributed by atoms with Crippen LogP contribution >= 0.6 is 0 Å². The molecular weight excluding hydrogens is 314 g/mol. The Kier molecular flexibility index (Phi) is 5.80. The van der Waals surface area contributed by atoms with Gasteiger partial charge in [-0.2, -0.15) is 0 Å². The highest BCUT2D eigenvalue weighted by molar-refractivity contribution is 5.96. The first kappa shape index (κ1) is 17.2. The molecule has 0 radical (unpaired) electrons. The molecule has 25 heavy (non-hydrogen) atoms. The maximum absolute atomic E-state index is 13.0. The van der Waals surface area contributed by atoms with Gasteiger partial charge in [-0.25, -0.2) is 4.98 Å². The summed E-state index contributed by atoms with van der Waals surface area (Å²) in [4.78, 5) is 21.5. The Morgan fingerprint density at radius 3 is 2.76 bits per heavy atom. The Balaban J connectivity index is 1.75. The van der Waals surface area contributed by atoms with Gasteiger partial charge in [-0.3, -0.25) is 9.69 Å². The fourth-order valence-electron chi connectivity index (χ4n) is 2.94. The van der Waals surface area contributed by atoms with Gasteiger partial charge in [-0.05, 0) is 30.7 Å². The average Bonchev–Trinajstić information content (AvgIpc) is 2.89. The lowest BCUT2D eigenvalue weighted by molar-refractivity contribution is 0.0759. The van der Waals surface area contributed by atoms with Crippen molar-refractivity contribution in [1.82, 2.24) is 14.8 Å². The fraction of sp³-hybridized carbons (Fsp3) is 0.300. The van der Waals surface area contributed by atoms with Crippen LogP contribution in [0.4, 0.5) is 0 Å². The smallest absolute Gasteiger partial charge is 0.259 e. The van der Waals surface area contributed by atoms with Crippen molar-refractivity contribution >= 4 is 5.91 Å². The van der Waals surface area contributed by atoms with Crippen molar-refractivity contribution in [2.45, 2.75) is 6.42 Å². The molecule has 1 fully saturated rings. The average molecular weight is 337 g/mol. The van der Waals surface area contributed by atoms with Crippen molar-refractivity contribution in [2.24, 2.45) is 0 Å². The lowest BCUT2D eigenvalue weighted by atomic mass is 10.2. The highest BCUT2D eigenvalue weighted by Gasteiger charge is 2.23. The number of hydrogen-bond donors (Lipinski definition) is 0. The van der Waals surface area contributed by atoms with Gasteiger partial charge in [0.25, 0.3) is 5.91 Å². The van der Waals surface area contributed by atoms with Gasteiger partial charge in [0.05, 0.1) is 0 Å². The van der Waals surface area contributed by atoms with Crippen LogP contribution < -0.4 is 4.74 Å². The number of carbonyl (C=O) groups is 1. The van der Waals surface area contributed by atoms with Gasteiger partial charge >= 0.3 is 0 Å². The third-order valence-corrected chi connectivity index (χ3v) is 4.22. The molecule has 2 heterocycles. The number of amides is 1. The molecule has 1 aliphatic heterocycles. The molecule has 0 saturated carbocycles. The summed E-state index contributed by atoms with van der Waals surface area (Å²) in [5.41, 5.74) is 0.503. The van der Waals surface area contributed by atoms with Gasteiger partial charge in [0.15, 0.2) is 0 Å². The van der Waals surface area contributed by atoms with Crippen LogP contribution in [-0.4, -0.2) is 53.4 Å². The molecule has 1 aromatic heterocycles. The van der Waals surface area contributed by atoms with Gasteiger partial charge in [-0.15, -0.1) is 6.58 Å². The fourth-order valence-corrected chi connectivity index (χ4v) is 2.94. The number of benzene rings is 1. The lowest BCUT2D eigenvalue weighted by Gasteiger charge is -2.22. The molecule has 2 aromatic rings. The van der Waals surface area contributed by atoms with Crippen LogP contribution in [0.15, 0.2) is 61.3 Å². The molecule has 0 N–H and O–H groups in total. The molecule has 5 heteroatoms. The van der Waals surface area contributed by atoms with Gasteiger partial charge in [0, 0.05) is 38.9 Å². The molecular formula is C20H23N3O2. The first-order valence-electron chi connectivity index (χ1n) is 8.58. The number of rotatable bonds is 5. The summed E-state index contributed by atoms with van der Waals surface area (Å²) in [5, 5.41) is 0. The van der Waals surface area contributed by atoms with Crippen molar-refractivity contribution in [2.75, 3.05) is 32.7 Å². The number of hydrogen-bond acceptors (Lipinski definition) is 4. The van der Waals surface area contributed by atoms with E-state index in [4.69, 9.17) is 4.74 Å². The van der Waals surface area contributed by atoms with Crippen LogP contribution in [0.2, 0.25) is 0 Å². The van der Waals surface area contributed by atoms with Gasteiger partial charge < -0.3 is 9.64 Å². The maximum atomic E-state index is 13.0. The maximum Gasteiger partial charge on any atom is 0.259 e. The summed E-state index contributed by atoms with van der Waals surface area (Å²) >= 11 is 0. The molecule has 1 amide bonds. The summed E-state index contributed by atoms with van der Waals surface area (Å²) in [6, 6.07) is 13.0. The van der Waals surface area contributed by atoms with E-state index in [1.807, 2.05) is 41.3 Å². The molecule has 0 bridgehead atoms. The highest BCUT2D eigenvalue weighted by atomic mass is 16.5. The summed E-state index contributed by atoms with van der Waals surface area (Å²) in [5.74, 6) is 0.994. The van der Waals surface area contributed by atoms with Gasteiger partial charge in [-0.1, -0.05) is 24.3 Å². The molecule has 1 aromatic carbocycles. The second-order valence-electron chi connectivity index (χ2n) is 6.01. The zero-order valence-corrected chi connectivity index (χ0v) is 14.3. The standard InChI is InChI=1S/C20H23N3O2/c1-2-12-22-13-7-14-23(16-15-22)20(24)18-10-6-11-21-19(18)25-17-8-4-3-5-9-17/h2-6,8-11H,1,7,12-16H2. The highest BCUT2D eigenvalue weighted by Crippen LogP contribution is 2.24. The van der Waals surface area contributed by atoms with Crippen LogP contribution in [-0.2, 0) is 0 Å². The number of aromatic nitrogens is 1. The normalized spacial score (nSPS) is 15.4. The largest absolute Gasteiger partial charge is 0.438 e. The number of nitrogens with zero attached hydrogens (tertiary/aromatic N) is 3. The van der Waals surface area contributed by atoms with Crippen molar-refractivity contribution < 1.29 is 9.53 Å². The van der Waals surface area contributed by atoms with E-state index in [1.54, 1.807) is 18.3 Å². The molecule has 5 nitrogen and oxygen atoms in total. The van der Waals surface area contributed by atoms with Crippen molar-refractivity contribution in [3.05, 3.63) is 66.9 Å². The zero-order chi connectivity index (χ0) is 17.5. The molecule has 1 saturated heterocycles. The first-order valence-corrected chi connectivity index (χ1v) is 8.58. The second kappa shape index (κ2) is 8.44. The Morgan fingerprint density at radius 2 is 1.96 bits per heavy atom. The van der Waals surface area contributed by atoms with Crippen LogP contribution in [0.25, 0.3) is 0 Å². The Hall–Kier alpha value is -2.66. The second-order valence-corrected chi connectivity index (χ2v) is 6.01. The van der Waals surface area contributed by atoms with Gasteiger partial charge in [0.2, 0.25) is 5.88 Å². The topological polar surface area (TPSA) is 45.7 Å². The van der Waals surface area contributed by atoms with E-state index < -0.39 is 0 Å². The minimum absolute atomic E-state index is 0.0283. The molecule has 0 aliphatic carbocycles. The van der Waals surface area contributed by atoms with Crippen molar-refractivity contribution in [3.8, 4) is 11.6 Å². The van der Waals surface area contributed by atoms with Crippen molar-refractivity contribution in [1.29, 1.82) is 0 Å². The molecule has 3 rings (SSSR count). The minimum atomic E-state index is -0.0283. The summed E-state index contributed by atoms with van der Waals surface area (Å²) < 4.78 is 5.83. The van der Waals surface area contributed by atoms with E-state index in [0.717, 1.165) is 32.6 Å². The SMILES string of the molecule is C=CCN1CCCN(C(=O)c2cccnc2Oc2ccccc2)CC1. The monoisotopic (exact) mass is 337 g/mol. The van der Waals surface area contributed by atoms with E-state index in [-0.39, 0.29) is 5.91 Å².